The SMILES string of the molecule is CCCOc1ccccc1C(=O)N1CC[C@@]23O[C@@H](c4ccccc4)CN2C(=O)C[C@@H]13. The van der Waals surface area contributed by atoms with Gasteiger partial charge in [-0.3, -0.25) is 9.59 Å². The summed E-state index contributed by atoms with van der Waals surface area (Å²) in [6.45, 7) is 3.70. The summed E-state index contributed by atoms with van der Waals surface area (Å²) < 4.78 is 12.3. The lowest BCUT2D eigenvalue weighted by Gasteiger charge is -2.32. The van der Waals surface area contributed by atoms with Gasteiger partial charge in [0.25, 0.3) is 5.91 Å². The van der Waals surface area contributed by atoms with Gasteiger partial charge in [0, 0.05) is 13.0 Å². The maximum Gasteiger partial charge on any atom is 0.258 e. The van der Waals surface area contributed by atoms with Crippen LogP contribution >= 0.6 is 0 Å². The molecule has 3 fully saturated rings. The van der Waals surface area contributed by atoms with E-state index < -0.39 is 5.72 Å². The molecule has 3 aliphatic heterocycles. The number of likely N-dealkylation sites (tertiary alicyclic amines) is 1. The normalized spacial score (nSPS) is 27.3. The van der Waals surface area contributed by atoms with Gasteiger partial charge in [-0.15, -0.1) is 0 Å². The van der Waals surface area contributed by atoms with E-state index in [4.69, 9.17) is 9.47 Å². The van der Waals surface area contributed by atoms with E-state index in [0.29, 0.717) is 43.9 Å². The second-order valence-electron chi connectivity index (χ2n) is 8.18. The van der Waals surface area contributed by atoms with Gasteiger partial charge in [-0.1, -0.05) is 49.4 Å². The van der Waals surface area contributed by atoms with Crippen LogP contribution in [-0.4, -0.2) is 53.1 Å². The lowest BCUT2D eigenvalue weighted by Crippen LogP contribution is -2.48. The number of carbonyl (C=O) groups is 2. The van der Waals surface area contributed by atoms with Gasteiger partial charge in [-0.2, -0.15) is 0 Å². The van der Waals surface area contributed by atoms with Crippen molar-refractivity contribution in [2.24, 2.45) is 0 Å². The highest BCUT2D eigenvalue weighted by Crippen LogP contribution is 2.51. The smallest absolute Gasteiger partial charge is 0.258 e. The number of carbonyl (C=O) groups excluding carboxylic acids is 2. The Labute approximate surface area is 176 Å². The van der Waals surface area contributed by atoms with Crippen LogP contribution in [0.4, 0.5) is 0 Å². The monoisotopic (exact) mass is 406 g/mol. The number of hydrogen-bond acceptors (Lipinski definition) is 4. The molecule has 0 saturated carbocycles. The number of nitrogens with zero attached hydrogens (tertiary/aromatic N) is 2. The van der Waals surface area contributed by atoms with Crippen LogP contribution in [-0.2, 0) is 9.53 Å². The maximum absolute atomic E-state index is 13.5. The molecular weight excluding hydrogens is 380 g/mol. The largest absolute Gasteiger partial charge is 0.493 e. The van der Waals surface area contributed by atoms with Crippen molar-refractivity contribution in [3.63, 3.8) is 0 Å². The van der Waals surface area contributed by atoms with E-state index in [-0.39, 0.29) is 24.0 Å². The van der Waals surface area contributed by atoms with Crippen molar-refractivity contribution < 1.29 is 19.1 Å². The summed E-state index contributed by atoms with van der Waals surface area (Å²) in [5, 5.41) is 0. The van der Waals surface area contributed by atoms with E-state index in [2.05, 4.69) is 0 Å². The predicted octanol–water partition coefficient (Wildman–Crippen LogP) is 3.39. The first-order valence-corrected chi connectivity index (χ1v) is 10.7. The molecule has 5 rings (SSSR count). The molecule has 0 unspecified atom stereocenters. The zero-order valence-electron chi connectivity index (χ0n) is 17.1. The third kappa shape index (κ3) is 2.89. The van der Waals surface area contributed by atoms with E-state index in [9.17, 15) is 9.59 Å². The topological polar surface area (TPSA) is 59.1 Å². The summed E-state index contributed by atoms with van der Waals surface area (Å²) >= 11 is 0. The minimum Gasteiger partial charge on any atom is -0.493 e. The molecule has 2 aromatic rings. The van der Waals surface area contributed by atoms with Gasteiger partial charge in [0.15, 0.2) is 5.72 Å². The van der Waals surface area contributed by atoms with Crippen molar-refractivity contribution >= 4 is 11.8 Å². The van der Waals surface area contributed by atoms with Gasteiger partial charge in [-0.25, -0.2) is 0 Å². The zero-order chi connectivity index (χ0) is 20.7. The molecule has 2 aromatic carbocycles. The fraction of sp³-hybridized carbons (Fsp3) is 0.417. The van der Waals surface area contributed by atoms with E-state index in [1.54, 1.807) is 6.07 Å². The Morgan fingerprint density at radius 1 is 1.17 bits per heavy atom. The van der Waals surface area contributed by atoms with Crippen molar-refractivity contribution in [3.8, 4) is 5.75 Å². The minimum absolute atomic E-state index is 0.0615. The molecule has 156 valence electrons. The Morgan fingerprint density at radius 2 is 1.93 bits per heavy atom. The molecule has 3 atom stereocenters. The molecule has 1 spiro atoms. The molecule has 3 aliphatic rings. The quantitative estimate of drug-likeness (QED) is 0.764. The summed E-state index contributed by atoms with van der Waals surface area (Å²) in [5.41, 5.74) is 0.898. The summed E-state index contributed by atoms with van der Waals surface area (Å²) in [7, 11) is 0. The molecule has 2 amide bonds. The Balaban J connectivity index is 1.42. The second-order valence-corrected chi connectivity index (χ2v) is 8.18. The van der Waals surface area contributed by atoms with E-state index in [1.807, 2.05) is 65.3 Å². The van der Waals surface area contributed by atoms with Crippen LogP contribution in [0.25, 0.3) is 0 Å². The molecule has 0 radical (unpaired) electrons. The molecule has 6 heteroatoms. The molecule has 0 N–H and O–H groups in total. The Kier molecular flexibility index (Phi) is 4.74. The van der Waals surface area contributed by atoms with Crippen LogP contribution in [0.1, 0.15) is 48.2 Å². The molecule has 0 aliphatic carbocycles. The number of ether oxygens (including phenoxy) is 2. The highest BCUT2D eigenvalue weighted by molar-refractivity contribution is 5.98. The molecule has 3 heterocycles. The number of benzene rings is 2. The minimum atomic E-state index is -0.716. The standard InChI is InChI=1S/C24H26N2O4/c1-2-14-29-19-11-7-6-10-18(19)23(28)25-13-12-24-21(25)15-22(27)26(24)16-20(30-24)17-8-4-3-5-9-17/h3-11,20-21H,2,12-16H2,1H3/t20-,21-,24+/m1/s1. The van der Waals surface area contributed by atoms with Gasteiger partial charge < -0.3 is 19.3 Å². The fourth-order valence-electron chi connectivity index (χ4n) is 5.04. The van der Waals surface area contributed by atoms with Crippen LogP contribution in [0, 0.1) is 0 Å². The first-order chi connectivity index (χ1) is 14.6. The number of rotatable bonds is 5. The van der Waals surface area contributed by atoms with Gasteiger partial charge in [0.2, 0.25) is 5.91 Å². The summed E-state index contributed by atoms with van der Waals surface area (Å²) in [6.07, 6.45) is 1.66. The first kappa shape index (κ1) is 19.1. The van der Waals surface area contributed by atoms with Crippen molar-refractivity contribution in [3.05, 3.63) is 65.7 Å². The predicted molar refractivity (Wildman–Crippen MR) is 111 cm³/mol. The van der Waals surface area contributed by atoms with Gasteiger partial charge in [0.05, 0.1) is 31.2 Å². The average molecular weight is 406 g/mol. The fourth-order valence-corrected chi connectivity index (χ4v) is 5.04. The van der Waals surface area contributed by atoms with Crippen LogP contribution in [0.2, 0.25) is 0 Å². The van der Waals surface area contributed by atoms with E-state index in [0.717, 1.165) is 12.0 Å². The van der Waals surface area contributed by atoms with Gasteiger partial charge in [0.1, 0.15) is 11.9 Å². The number of hydrogen-bond donors (Lipinski definition) is 0. The second kappa shape index (κ2) is 7.43. The van der Waals surface area contributed by atoms with Crippen LogP contribution in [0.3, 0.4) is 0 Å². The molecule has 0 bridgehead atoms. The third-order valence-corrected chi connectivity index (χ3v) is 6.44. The van der Waals surface area contributed by atoms with Crippen molar-refractivity contribution in [1.29, 1.82) is 0 Å². The number of amides is 2. The third-order valence-electron chi connectivity index (χ3n) is 6.44. The summed E-state index contributed by atoms with van der Waals surface area (Å²) in [6, 6.07) is 17.1. The van der Waals surface area contributed by atoms with Gasteiger partial charge >= 0.3 is 0 Å². The zero-order valence-corrected chi connectivity index (χ0v) is 17.1. The van der Waals surface area contributed by atoms with Crippen LogP contribution in [0.5, 0.6) is 5.75 Å². The summed E-state index contributed by atoms with van der Waals surface area (Å²) in [4.78, 5) is 30.0. The highest BCUT2D eigenvalue weighted by atomic mass is 16.5. The van der Waals surface area contributed by atoms with E-state index >= 15 is 0 Å². The van der Waals surface area contributed by atoms with Crippen molar-refractivity contribution in [2.75, 3.05) is 19.7 Å². The Hall–Kier alpha value is -2.86. The van der Waals surface area contributed by atoms with Crippen LogP contribution in [0.15, 0.2) is 54.6 Å². The first-order valence-electron chi connectivity index (χ1n) is 10.7. The molecule has 30 heavy (non-hydrogen) atoms. The lowest BCUT2D eigenvalue weighted by molar-refractivity contribution is -0.138. The van der Waals surface area contributed by atoms with E-state index in [1.165, 1.54) is 0 Å². The lowest BCUT2D eigenvalue weighted by atomic mass is 10.1. The molecular formula is C24H26N2O4. The molecule has 0 aromatic heterocycles. The number of para-hydroxylation sites is 1. The highest BCUT2D eigenvalue weighted by Gasteiger charge is 2.65. The summed E-state index contributed by atoms with van der Waals surface area (Å²) in [5.74, 6) is 0.567. The van der Waals surface area contributed by atoms with Crippen molar-refractivity contribution in [1.82, 2.24) is 9.80 Å². The van der Waals surface area contributed by atoms with Crippen molar-refractivity contribution in [2.45, 2.75) is 44.1 Å². The molecule has 3 saturated heterocycles. The molecule has 6 nitrogen and oxygen atoms in total. The maximum atomic E-state index is 13.5. The Morgan fingerprint density at radius 3 is 2.73 bits per heavy atom. The Bertz CT molecular complexity index is 963. The van der Waals surface area contributed by atoms with Crippen LogP contribution < -0.4 is 4.74 Å². The average Bonchev–Trinajstić information content (AvgIpc) is 3.41. The van der Waals surface area contributed by atoms with Gasteiger partial charge in [-0.05, 0) is 24.1 Å².